The second-order valence-electron chi connectivity index (χ2n) is 3.38. The first-order chi connectivity index (χ1) is 8.71. The summed E-state index contributed by atoms with van der Waals surface area (Å²) < 4.78 is 21.4. The van der Waals surface area contributed by atoms with Crippen molar-refractivity contribution in [3.8, 4) is 0 Å². The Hall–Kier alpha value is -1.63. The van der Waals surface area contributed by atoms with Crippen LogP contribution in [0.2, 0.25) is 0 Å². The largest absolute Gasteiger partial charge is 0.480 e. The Kier molecular flexibility index (Phi) is 2.90. The number of amides is 1. The van der Waals surface area contributed by atoms with Crippen molar-refractivity contribution >= 4 is 17.8 Å². The molecule has 16 heavy (non-hydrogen) atoms. The lowest BCUT2D eigenvalue weighted by atomic mass is 10.2. The average molecular weight is 231 g/mol. The van der Waals surface area contributed by atoms with Gasteiger partial charge in [-0.15, -0.1) is 0 Å². The van der Waals surface area contributed by atoms with Gasteiger partial charge in [-0.3, -0.25) is 19.9 Å². The molecule has 1 fully saturated rings. The molecule has 1 amide bonds. The van der Waals surface area contributed by atoms with E-state index in [1.54, 1.807) is 0 Å². The van der Waals surface area contributed by atoms with Crippen molar-refractivity contribution in [3.05, 3.63) is 0 Å². The lowest BCUT2D eigenvalue weighted by Gasteiger charge is -2.04. The second-order valence-corrected chi connectivity index (χ2v) is 3.38. The molecule has 1 heterocycles. The van der Waals surface area contributed by atoms with Gasteiger partial charge in [-0.1, -0.05) is 0 Å². The number of nitrogens with one attached hydrogen (secondary N) is 2. The average Bonchev–Trinajstić information content (AvgIpc) is 2.65. The predicted molar refractivity (Wildman–Crippen MR) is 57.9 cm³/mol. The fraction of sp³-hybridized carbons (Fsp3) is 0.667. The lowest BCUT2D eigenvalue weighted by Crippen LogP contribution is -2.30. The Morgan fingerprint density at radius 2 is 2.56 bits per heavy atom. The van der Waals surface area contributed by atoms with Gasteiger partial charge in [-0.05, 0) is 19.7 Å². The standard InChI is InChI=1S/C9H16N4O3/c1-5-7(14)13-9(12-5)11-4-2-3-6(10)8(15)16/h5-6H,2-4,10H2,1H3,(H,15,16)(H2,11,12,13,14)/t5?,6-/m0/s1/i1D3. The van der Waals surface area contributed by atoms with Crippen LogP contribution in [0.3, 0.4) is 0 Å². The summed E-state index contributed by atoms with van der Waals surface area (Å²) in [5, 5.41) is 13.3. The van der Waals surface area contributed by atoms with Crippen LogP contribution in [0.15, 0.2) is 4.99 Å². The summed E-state index contributed by atoms with van der Waals surface area (Å²) in [4.78, 5) is 25.7. The van der Waals surface area contributed by atoms with Crippen molar-refractivity contribution in [1.29, 1.82) is 0 Å². The number of carbonyl (C=O) groups excluding carboxylic acids is 1. The third kappa shape index (κ3) is 3.50. The summed E-state index contributed by atoms with van der Waals surface area (Å²) in [7, 11) is 0. The fourth-order valence-corrected chi connectivity index (χ4v) is 1.14. The Labute approximate surface area is 97.3 Å². The van der Waals surface area contributed by atoms with Crippen LogP contribution in [-0.2, 0) is 9.59 Å². The number of nitrogens with two attached hydrogens (primary N) is 1. The molecular weight excluding hydrogens is 212 g/mol. The Morgan fingerprint density at radius 3 is 3.12 bits per heavy atom. The Bertz CT molecular complexity index is 397. The first kappa shape index (κ1) is 8.51. The van der Waals surface area contributed by atoms with Crippen LogP contribution in [0.5, 0.6) is 0 Å². The number of carbonyl (C=O) groups is 2. The third-order valence-electron chi connectivity index (χ3n) is 2.05. The van der Waals surface area contributed by atoms with E-state index >= 15 is 0 Å². The van der Waals surface area contributed by atoms with Gasteiger partial charge in [0.1, 0.15) is 12.1 Å². The highest BCUT2D eigenvalue weighted by molar-refractivity contribution is 6.06. The van der Waals surface area contributed by atoms with Gasteiger partial charge in [-0.2, -0.15) is 0 Å². The third-order valence-corrected chi connectivity index (χ3v) is 2.05. The summed E-state index contributed by atoms with van der Waals surface area (Å²) in [6, 6.07) is -2.24. The van der Waals surface area contributed by atoms with Gasteiger partial charge >= 0.3 is 5.97 Å². The van der Waals surface area contributed by atoms with Gasteiger partial charge in [0.05, 0.1) is 0 Å². The first-order valence-electron chi connectivity index (χ1n) is 6.32. The molecule has 1 unspecified atom stereocenters. The van der Waals surface area contributed by atoms with Gasteiger partial charge < -0.3 is 16.2 Å². The molecular formula is C9H16N4O3. The lowest BCUT2D eigenvalue weighted by molar-refractivity contribution is -0.138. The van der Waals surface area contributed by atoms with Gasteiger partial charge in [0.15, 0.2) is 5.96 Å². The van der Waals surface area contributed by atoms with E-state index in [9.17, 15) is 9.59 Å². The molecule has 90 valence electrons. The van der Waals surface area contributed by atoms with Crippen LogP contribution < -0.4 is 16.4 Å². The predicted octanol–water partition coefficient (Wildman–Crippen LogP) is -1.36. The molecule has 7 nitrogen and oxygen atoms in total. The molecule has 2 atom stereocenters. The zero-order chi connectivity index (χ0) is 14.6. The molecule has 0 spiro atoms. The smallest absolute Gasteiger partial charge is 0.320 e. The zero-order valence-electron chi connectivity index (χ0n) is 11.6. The summed E-state index contributed by atoms with van der Waals surface area (Å²) in [5.74, 6) is -1.64. The molecule has 1 aliphatic heterocycles. The van der Waals surface area contributed by atoms with Crippen molar-refractivity contribution < 1.29 is 18.8 Å². The minimum absolute atomic E-state index is 0.0926. The van der Waals surface area contributed by atoms with E-state index < -0.39 is 30.8 Å². The van der Waals surface area contributed by atoms with E-state index in [1.807, 2.05) is 0 Å². The highest BCUT2D eigenvalue weighted by atomic mass is 16.4. The maximum atomic E-state index is 11.3. The summed E-state index contributed by atoms with van der Waals surface area (Å²) >= 11 is 0. The summed E-state index contributed by atoms with van der Waals surface area (Å²) in [6.07, 6.45) is 0.676. The molecule has 0 aromatic carbocycles. The molecule has 0 bridgehead atoms. The summed E-state index contributed by atoms with van der Waals surface area (Å²) in [6.45, 7) is -2.19. The van der Waals surface area contributed by atoms with Crippen LogP contribution in [0.25, 0.3) is 0 Å². The van der Waals surface area contributed by atoms with Crippen LogP contribution in [0, 0.1) is 0 Å². The first-order valence-corrected chi connectivity index (χ1v) is 4.82. The van der Waals surface area contributed by atoms with Crippen molar-refractivity contribution in [2.24, 2.45) is 10.7 Å². The number of guanidine groups is 1. The maximum absolute atomic E-state index is 11.3. The van der Waals surface area contributed by atoms with E-state index in [-0.39, 0.29) is 18.9 Å². The van der Waals surface area contributed by atoms with E-state index in [1.165, 1.54) is 0 Å². The van der Waals surface area contributed by atoms with Gasteiger partial charge in [-0.25, -0.2) is 0 Å². The fourth-order valence-electron chi connectivity index (χ4n) is 1.14. The number of aliphatic imine (C=N–C) groups is 1. The van der Waals surface area contributed by atoms with E-state index in [2.05, 4.69) is 15.6 Å². The highest BCUT2D eigenvalue weighted by Crippen LogP contribution is 1.97. The van der Waals surface area contributed by atoms with Crippen LogP contribution in [0.1, 0.15) is 23.8 Å². The Balaban J connectivity index is 2.40. The normalized spacial score (nSPS) is 27.6. The molecule has 0 aliphatic carbocycles. The van der Waals surface area contributed by atoms with Crippen molar-refractivity contribution in [2.45, 2.75) is 31.8 Å². The zero-order valence-corrected chi connectivity index (χ0v) is 8.56. The summed E-state index contributed by atoms with van der Waals surface area (Å²) in [5.41, 5.74) is 5.30. The highest BCUT2D eigenvalue weighted by Gasteiger charge is 2.23. The number of carboxylic acid groups (broad SMARTS) is 1. The number of rotatable bonds is 5. The van der Waals surface area contributed by atoms with E-state index in [4.69, 9.17) is 15.0 Å². The van der Waals surface area contributed by atoms with E-state index in [0.717, 1.165) is 0 Å². The van der Waals surface area contributed by atoms with Crippen molar-refractivity contribution in [2.75, 3.05) is 6.54 Å². The number of carboxylic acids is 1. The molecule has 0 radical (unpaired) electrons. The number of nitrogens with zero attached hydrogens (tertiary/aromatic N) is 1. The minimum Gasteiger partial charge on any atom is -0.480 e. The number of hydrogen-bond donors (Lipinski definition) is 4. The van der Waals surface area contributed by atoms with Crippen molar-refractivity contribution in [1.82, 2.24) is 10.6 Å². The molecule has 0 aromatic rings. The molecule has 1 saturated heterocycles. The number of aliphatic carboxylic acids is 1. The van der Waals surface area contributed by atoms with E-state index in [0.29, 0.717) is 6.42 Å². The monoisotopic (exact) mass is 231 g/mol. The van der Waals surface area contributed by atoms with Gasteiger partial charge in [0.25, 0.3) is 0 Å². The maximum Gasteiger partial charge on any atom is 0.320 e. The van der Waals surface area contributed by atoms with Crippen LogP contribution in [-0.4, -0.2) is 41.6 Å². The quantitative estimate of drug-likeness (QED) is 0.436. The molecule has 0 aromatic heterocycles. The molecule has 5 N–H and O–H groups in total. The van der Waals surface area contributed by atoms with Crippen LogP contribution in [0.4, 0.5) is 0 Å². The van der Waals surface area contributed by atoms with Gasteiger partial charge in [0.2, 0.25) is 5.91 Å². The van der Waals surface area contributed by atoms with Crippen LogP contribution >= 0.6 is 0 Å². The SMILES string of the molecule is [2H]C([2H])([2H])C1NC(=NCCC[C@H](N)C(=O)O)NC1=O. The molecule has 1 rings (SSSR count). The number of hydrogen-bond acceptors (Lipinski definition) is 4. The molecule has 1 aliphatic rings. The topological polar surface area (TPSA) is 117 Å². The Morgan fingerprint density at radius 1 is 1.81 bits per heavy atom. The minimum atomic E-state index is -2.44. The van der Waals surface area contributed by atoms with Gasteiger partial charge in [0, 0.05) is 10.7 Å². The molecule has 0 saturated carbocycles. The second kappa shape index (κ2) is 5.45. The van der Waals surface area contributed by atoms with Crippen molar-refractivity contribution in [3.63, 3.8) is 0 Å². The molecule has 7 heteroatoms.